The molecule has 0 fully saturated rings. The second-order valence-electron chi connectivity index (χ2n) is 7.08. The van der Waals surface area contributed by atoms with Crippen LogP contribution in [0.1, 0.15) is 11.3 Å². The van der Waals surface area contributed by atoms with E-state index in [9.17, 15) is 4.79 Å². The molecular weight excluding hydrogens is 408 g/mol. The summed E-state index contributed by atoms with van der Waals surface area (Å²) in [7, 11) is 1.32. The van der Waals surface area contributed by atoms with Crippen LogP contribution in [0.4, 0.5) is 11.5 Å². The lowest BCUT2D eigenvalue weighted by Gasteiger charge is -2.14. The summed E-state index contributed by atoms with van der Waals surface area (Å²) in [5.41, 5.74) is 3.38. The fraction of sp³-hybridized carbons (Fsp3) is 0.167. The molecule has 0 saturated heterocycles. The molecule has 0 bridgehead atoms. The number of pyridine rings is 1. The first-order valence-electron chi connectivity index (χ1n) is 9.95. The van der Waals surface area contributed by atoms with E-state index in [-0.39, 0.29) is 6.61 Å². The summed E-state index contributed by atoms with van der Waals surface area (Å²) in [5.74, 6) is 1.98. The van der Waals surface area contributed by atoms with Crippen LogP contribution in [0.15, 0.2) is 61.1 Å². The van der Waals surface area contributed by atoms with E-state index in [0.29, 0.717) is 28.2 Å². The van der Waals surface area contributed by atoms with Gasteiger partial charge in [0.25, 0.3) is 0 Å². The van der Waals surface area contributed by atoms with Crippen molar-refractivity contribution in [3.05, 3.63) is 72.3 Å². The monoisotopic (exact) mass is 430 g/mol. The Labute approximate surface area is 185 Å². The Morgan fingerprint density at radius 1 is 1.00 bits per heavy atom. The van der Waals surface area contributed by atoms with E-state index >= 15 is 0 Å². The number of hydrogen-bond donors (Lipinski definition) is 1. The fourth-order valence-electron chi connectivity index (χ4n) is 3.11. The van der Waals surface area contributed by atoms with E-state index in [1.807, 2.05) is 56.3 Å². The van der Waals surface area contributed by atoms with E-state index in [1.54, 1.807) is 12.3 Å². The highest BCUT2D eigenvalue weighted by atomic mass is 16.6. The molecule has 4 rings (SSSR count). The highest BCUT2D eigenvalue weighted by Crippen LogP contribution is 2.33. The number of esters is 1. The van der Waals surface area contributed by atoms with E-state index in [0.717, 1.165) is 22.7 Å². The lowest BCUT2D eigenvalue weighted by atomic mass is 10.1. The second-order valence-corrected chi connectivity index (χ2v) is 7.08. The smallest absolute Gasteiger partial charge is 0.343 e. The van der Waals surface area contributed by atoms with Gasteiger partial charge in [-0.05, 0) is 61.9 Å². The molecule has 32 heavy (non-hydrogen) atoms. The van der Waals surface area contributed by atoms with Crippen molar-refractivity contribution >= 4 is 28.4 Å². The molecular formula is C24H22N4O4. The van der Waals surface area contributed by atoms with Gasteiger partial charge in [-0.2, -0.15) is 0 Å². The minimum atomic E-state index is -0.469. The van der Waals surface area contributed by atoms with Gasteiger partial charge in [-0.1, -0.05) is 6.07 Å². The number of ether oxygens (including phenoxy) is 3. The molecule has 0 atom stereocenters. The number of carbonyl (C=O) groups excluding carboxylic acids is 1. The van der Waals surface area contributed by atoms with Crippen molar-refractivity contribution in [3.63, 3.8) is 0 Å². The quantitative estimate of drug-likeness (QED) is 0.421. The first-order chi connectivity index (χ1) is 15.5. The maximum absolute atomic E-state index is 11.5. The molecule has 162 valence electrons. The van der Waals surface area contributed by atoms with Crippen molar-refractivity contribution in [1.29, 1.82) is 0 Å². The van der Waals surface area contributed by atoms with Gasteiger partial charge in [-0.15, -0.1) is 0 Å². The summed E-state index contributed by atoms with van der Waals surface area (Å²) in [6.45, 7) is 3.69. The number of nitrogens with zero attached hydrogens (tertiary/aromatic N) is 3. The Bertz CT molecular complexity index is 1250. The van der Waals surface area contributed by atoms with Crippen molar-refractivity contribution in [2.75, 3.05) is 19.0 Å². The number of fused-ring (bicyclic) bond motifs is 1. The van der Waals surface area contributed by atoms with Crippen molar-refractivity contribution in [2.45, 2.75) is 13.8 Å². The third-order valence-electron chi connectivity index (χ3n) is 4.75. The average Bonchev–Trinajstić information content (AvgIpc) is 2.80. The number of anilines is 2. The molecule has 0 aliphatic rings. The van der Waals surface area contributed by atoms with Crippen LogP contribution in [-0.4, -0.2) is 34.6 Å². The highest BCUT2D eigenvalue weighted by Gasteiger charge is 2.13. The number of benzene rings is 2. The van der Waals surface area contributed by atoms with Crippen molar-refractivity contribution < 1.29 is 19.0 Å². The number of aromatic nitrogens is 3. The Morgan fingerprint density at radius 3 is 2.62 bits per heavy atom. The summed E-state index contributed by atoms with van der Waals surface area (Å²) >= 11 is 0. The SMILES string of the molecule is COC(=O)COc1cccc2ncnc(Nc3ccc(Oc4ccc(C)nc4)c(C)c3)c12. The zero-order valence-corrected chi connectivity index (χ0v) is 18.0. The Morgan fingerprint density at radius 2 is 1.88 bits per heavy atom. The zero-order valence-electron chi connectivity index (χ0n) is 18.0. The molecule has 0 amide bonds. The number of methoxy groups -OCH3 is 1. The molecule has 2 heterocycles. The summed E-state index contributed by atoms with van der Waals surface area (Å²) < 4.78 is 16.2. The van der Waals surface area contributed by atoms with Gasteiger partial charge in [0, 0.05) is 11.4 Å². The molecule has 0 aliphatic carbocycles. The van der Waals surface area contributed by atoms with Crippen molar-refractivity contribution in [1.82, 2.24) is 15.0 Å². The number of rotatable bonds is 7. The highest BCUT2D eigenvalue weighted by molar-refractivity contribution is 5.96. The van der Waals surface area contributed by atoms with Gasteiger partial charge in [-0.25, -0.2) is 14.8 Å². The molecule has 8 heteroatoms. The summed E-state index contributed by atoms with van der Waals surface area (Å²) in [4.78, 5) is 24.4. The van der Waals surface area contributed by atoms with E-state index in [4.69, 9.17) is 9.47 Å². The van der Waals surface area contributed by atoms with Gasteiger partial charge in [0.15, 0.2) is 6.61 Å². The first kappa shape index (κ1) is 21.0. The van der Waals surface area contributed by atoms with E-state index in [2.05, 4.69) is 25.0 Å². The van der Waals surface area contributed by atoms with Gasteiger partial charge < -0.3 is 19.5 Å². The Balaban J connectivity index is 1.59. The molecule has 4 aromatic rings. The van der Waals surface area contributed by atoms with Crippen LogP contribution in [-0.2, 0) is 9.53 Å². The third-order valence-corrected chi connectivity index (χ3v) is 4.75. The number of carbonyl (C=O) groups is 1. The predicted molar refractivity (Wildman–Crippen MR) is 121 cm³/mol. The lowest BCUT2D eigenvalue weighted by molar-refractivity contribution is -0.142. The van der Waals surface area contributed by atoms with Crippen LogP contribution in [0.3, 0.4) is 0 Å². The third kappa shape index (κ3) is 4.75. The summed E-state index contributed by atoms with van der Waals surface area (Å²) in [6, 6.07) is 15.0. The van der Waals surface area contributed by atoms with Crippen LogP contribution in [0, 0.1) is 13.8 Å². The standard InChI is InChI=1S/C24H22N4O4/c1-15-11-17(8-10-20(15)32-18-9-7-16(2)25-12-18)28-24-23-19(26-14-27-24)5-4-6-21(23)31-13-22(29)30-3/h4-12,14H,13H2,1-3H3,(H,26,27,28). The zero-order chi connectivity index (χ0) is 22.5. The van der Waals surface area contributed by atoms with Gasteiger partial charge in [0.05, 0.1) is 24.2 Å². The molecule has 0 unspecified atom stereocenters. The largest absolute Gasteiger partial charge is 0.481 e. The molecule has 2 aromatic carbocycles. The molecule has 2 aromatic heterocycles. The normalized spacial score (nSPS) is 10.6. The number of hydrogen-bond acceptors (Lipinski definition) is 8. The van der Waals surface area contributed by atoms with Crippen molar-refractivity contribution in [3.8, 4) is 17.2 Å². The summed E-state index contributed by atoms with van der Waals surface area (Å²) in [5, 5.41) is 3.98. The maximum Gasteiger partial charge on any atom is 0.343 e. The molecule has 0 aliphatic heterocycles. The minimum absolute atomic E-state index is 0.205. The summed E-state index contributed by atoms with van der Waals surface area (Å²) in [6.07, 6.45) is 3.17. The average molecular weight is 430 g/mol. The number of nitrogens with one attached hydrogen (secondary N) is 1. The van der Waals surface area contributed by atoms with Gasteiger partial charge >= 0.3 is 5.97 Å². The predicted octanol–water partition coefficient (Wildman–Crippen LogP) is 4.73. The topological polar surface area (TPSA) is 95.5 Å². The first-order valence-corrected chi connectivity index (χ1v) is 9.95. The molecule has 8 nitrogen and oxygen atoms in total. The van der Waals surface area contributed by atoms with Crippen LogP contribution in [0.25, 0.3) is 10.9 Å². The van der Waals surface area contributed by atoms with Crippen LogP contribution in [0.2, 0.25) is 0 Å². The molecule has 1 N–H and O–H groups in total. The Hall–Kier alpha value is -4.20. The van der Waals surface area contributed by atoms with E-state index < -0.39 is 5.97 Å². The van der Waals surface area contributed by atoms with Gasteiger partial charge in [0.1, 0.15) is 29.4 Å². The van der Waals surface area contributed by atoms with Crippen LogP contribution in [0.5, 0.6) is 17.2 Å². The van der Waals surface area contributed by atoms with Gasteiger partial charge in [0.2, 0.25) is 0 Å². The van der Waals surface area contributed by atoms with Crippen LogP contribution < -0.4 is 14.8 Å². The molecule has 0 saturated carbocycles. The lowest BCUT2D eigenvalue weighted by Crippen LogP contribution is -2.13. The van der Waals surface area contributed by atoms with Crippen LogP contribution >= 0.6 is 0 Å². The maximum atomic E-state index is 11.5. The number of aryl methyl sites for hydroxylation is 2. The fourth-order valence-corrected chi connectivity index (χ4v) is 3.11. The van der Waals surface area contributed by atoms with E-state index in [1.165, 1.54) is 13.4 Å². The van der Waals surface area contributed by atoms with Crippen molar-refractivity contribution in [2.24, 2.45) is 0 Å². The molecule has 0 spiro atoms. The minimum Gasteiger partial charge on any atom is -0.481 e. The Kier molecular flexibility index (Phi) is 6.12. The molecule has 0 radical (unpaired) electrons. The van der Waals surface area contributed by atoms with Gasteiger partial charge in [-0.3, -0.25) is 4.98 Å². The second kappa shape index (κ2) is 9.30.